The minimum absolute atomic E-state index is 0.393. The number of nitrogens with zero attached hydrogens (tertiary/aromatic N) is 1. The molecule has 0 fully saturated rings. The molecule has 0 aliphatic heterocycles. The average molecular weight is 221 g/mol. The molecule has 0 unspecified atom stereocenters. The zero-order valence-electron chi connectivity index (χ0n) is 10.5. The quantitative estimate of drug-likeness (QED) is 0.238. The van der Waals surface area contributed by atoms with E-state index in [-0.39, 0.29) is 0 Å². The molecule has 0 heterocycles. The van der Waals surface area contributed by atoms with E-state index in [9.17, 15) is 4.91 Å². The first kappa shape index (κ1) is 14.8. The van der Waals surface area contributed by atoms with Crippen molar-refractivity contribution in [2.45, 2.75) is 46.0 Å². The number of nitroso groups, excluding NO2 is 1. The molecule has 0 spiro atoms. The fourth-order valence-corrected chi connectivity index (χ4v) is 1.44. The van der Waals surface area contributed by atoms with E-state index in [1.165, 1.54) is 5.57 Å². The van der Waals surface area contributed by atoms with Gasteiger partial charge in [0.25, 0.3) is 0 Å². The van der Waals surface area contributed by atoms with Gasteiger partial charge in [-0.15, -0.1) is 0 Å². The molecule has 0 rings (SSSR count). The maximum atomic E-state index is 9.93. The van der Waals surface area contributed by atoms with Crippen LogP contribution in [0.4, 0.5) is 0 Å². The third-order valence-corrected chi connectivity index (χ3v) is 2.39. The Kier molecular flexibility index (Phi) is 9.58. The van der Waals surface area contributed by atoms with E-state index < -0.39 is 0 Å². The highest BCUT2D eigenvalue weighted by Crippen LogP contribution is 2.14. The summed E-state index contributed by atoms with van der Waals surface area (Å²) in [7, 11) is 0. The van der Waals surface area contributed by atoms with Gasteiger partial charge in [0.05, 0.1) is 6.54 Å². The first-order valence-electron chi connectivity index (χ1n) is 6.05. The summed E-state index contributed by atoms with van der Waals surface area (Å²) in [6.45, 7) is 8.69. The van der Waals surface area contributed by atoms with Gasteiger partial charge in [-0.1, -0.05) is 55.0 Å². The van der Waals surface area contributed by atoms with E-state index in [1.54, 1.807) is 0 Å². The largest absolute Gasteiger partial charge is 0.151 e. The van der Waals surface area contributed by atoms with Gasteiger partial charge in [0, 0.05) is 0 Å². The fourth-order valence-electron chi connectivity index (χ4n) is 1.44. The van der Waals surface area contributed by atoms with Crippen LogP contribution in [-0.4, -0.2) is 6.54 Å². The molecule has 0 saturated heterocycles. The van der Waals surface area contributed by atoms with Crippen LogP contribution in [0.5, 0.6) is 0 Å². The number of hydrogen-bond donors (Lipinski definition) is 0. The lowest BCUT2D eigenvalue weighted by molar-refractivity contribution is 0.831. The van der Waals surface area contributed by atoms with Crippen LogP contribution in [0, 0.1) is 4.91 Å². The smallest absolute Gasteiger partial charge is 0.0814 e. The lowest BCUT2D eigenvalue weighted by atomic mass is 10.0. The molecule has 0 radical (unpaired) electrons. The van der Waals surface area contributed by atoms with E-state index in [1.807, 2.05) is 0 Å². The van der Waals surface area contributed by atoms with Crippen LogP contribution in [-0.2, 0) is 0 Å². The second kappa shape index (κ2) is 10.3. The molecule has 0 N–H and O–H groups in total. The summed E-state index contributed by atoms with van der Waals surface area (Å²) < 4.78 is 0. The third-order valence-electron chi connectivity index (χ3n) is 2.39. The first-order chi connectivity index (χ1) is 7.74. The molecule has 2 nitrogen and oxygen atoms in total. The molecule has 0 aliphatic rings. The fraction of sp³-hybridized carbons (Fsp3) is 0.571. The Morgan fingerprint density at radius 1 is 1.31 bits per heavy atom. The summed E-state index contributed by atoms with van der Waals surface area (Å²) in [5, 5.41) is 2.84. The van der Waals surface area contributed by atoms with Crippen molar-refractivity contribution in [3.63, 3.8) is 0 Å². The zero-order valence-corrected chi connectivity index (χ0v) is 10.5. The van der Waals surface area contributed by atoms with Crippen molar-refractivity contribution in [3.05, 3.63) is 40.9 Å². The molecule has 0 bridgehead atoms. The molecule has 0 amide bonds. The number of hydrogen-bond acceptors (Lipinski definition) is 2. The third kappa shape index (κ3) is 8.16. The summed E-state index contributed by atoms with van der Waals surface area (Å²) in [4.78, 5) is 9.93. The van der Waals surface area contributed by atoms with Gasteiger partial charge in [0.2, 0.25) is 0 Å². The Morgan fingerprint density at radius 2 is 2.06 bits per heavy atom. The van der Waals surface area contributed by atoms with Crippen molar-refractivity contribution in [1.82, 2.24) is 0 Å². The molecule has 0 aromatic rings. The van der Waals surface area contributed by atoms with Crippen molar-refractivity contribution < 1.29 is 0 Å². The molecule has 0 atom stereocenters. The molecule has 0 aromatic heterocycles. The Morgan fingerprint density at radius 3 is 2.62 bits per heavy atom. The van der Waals surface area contributed by atoms with Gasteiger partial charge in [-0.3, -0.25) is 0 Å². The van der Waals surface area contributed by atoms with Gasteiger partial charge in [-0.25, -0.2) is 0 Å². The summed E-state index contributed by atoms with van der Waals surface area (Å²) in [5.74, 6) is 0. The maximum absolute atomic E-state index is 9.93. The molecule has 2 heteroatoms. The SMILES string of the molecule is C=C(/C=C(\CC)C/C=C/CC)CCCN=O. The standard InChI is InChI=1S/C14H23NO/c1-4-6-7-10-14(5-2)12-13(3)9-8-11-15-16/h6-7,12H,3-5,8-11H2,1-2H3/b7-6+,14-12+. The van der Waals surface area contributed by atoms with E-state index in [2.05, 4.69) is 43.8 Å². The Hall–Kier alpha value is -1.18. The van der Waals surface area contributed by atoms with E-state index in [0.29, 0.717) is 6.54 Å². The summed E-state index contributed by atoms with van der Waals surface area (Å²) >= 11 is 0. The lowest BCUT2D eigenvalue weighted by Crippen LogP contribution is -1.85. The average Bonchev–Trinajstić information content (AvgIpc) is 2.28. The van der Waals surface area contributed by atoms with Crippen LogP contribution < -0.4 is 0 Å². The topological polar surface area (TPSA) is 29.4 Å². The molecule has 16 heavy (non-hydrogen) atoms. The normalized spacial score (nSPS) is 12.0. The molecular weight excluding hydrogens is 198 g/mol. The minimum atomic E-state index is 0.393. The van der Waals surface area contributed by atoms with Crippen LogP contribution in [0.15, 0.2) is 41.1 Å². The highest BCUT2D eigenvalue weighted by Gasteiger charge is 1.95. The van der Waals surface area contributed by atoms with Gasteiger partial charge in [-0.05, 0) is 32.1 Å². The first-order valence-corrected chi connectivity index (χ1v) is 6.05. The van der Waals surface area contributed by atoms with Crippen LogP contribution >= 0.6 is 0 Å². The second-order valence-electron chi connectivity index (χ2n) is 3.85. The summed E-state index contributed by atoms with van der Waals surface area (Å²) in [6.07, 6.45) is 11.4. The highest BCUT2D eigenvalue weighted by molar-refractivity contribution is 5.22. The van der Waals surface area contributed by atoms with Crippen LogP contribution in [0.2, 0.25) is 0 Å². The van der Waals surface area contributed by atoms with Crippen molar-refractivity contribution >= 4 is 0 Å². The minimum Gasteiger partial charge on any atom is -0.151 e. The van der Waals surface area contributed by atoms with Crippen molar-refractivity contribution in [3.8, 4) is 0 Å². The van der Waals surface area contributed by atoms with Crippen LogP contribution in [0.25, 0.3) is 0 Å². The Labute approximate surface area is 99.1 Å². The Bertz CT molecular complexity index is 264. The van der Waals surface area contributed by atoms with E-state index >= 15 is 0 Å². The molecule has 0 aromatic carbocycles. The summed E-state index contributed by atoms with van der Waals surface area (Å²) in [5.41, 5.74) is 2.50. The van der Waals surface area contributed by atoms with Crippen molar-refractivity contribution in [2.75, 3.05) is 6.54 Å². The monoisotopic (exact) mass is 221 g/mol. The van der Waals surface area contributed by atoms with Gasteiger partial charge in [0.15, 0.2) is 0 Å². The van der Waals surface area contributed by atoms with Crippen LogP contribution in [0.1, 0.15) is 46.0 Å². The van der Waals surface area contributed by atoms with Gasteiger partial charge < -0.3 is 0 Å². The van der Waals surface area contributed by atoms with Gasteiger partial charge in [-0.2, -0.15) is 4.91 Å². The molecule has 0 aliphatic carbocycles. The Balaban J connectivity index is 4.06. The van der Waals surface area contributed by atoms with E-state index in [0.717, 1.165) is 37.7 Å². The summed E-state index contributed by atoms with van der Waals surface area (Å²) in [6, 6.07) is 0. The molecular formula is C14H23NO. The second-order valence-corrected chi connectivity index (χ2v) is 3.85. The van der Waals surface area contributed by atoms with E-state index in [4.69, 9.17) is 0 Å². The van der Waals surface area contributed by atoms with Gasteiger partial charge in [0.1, 0.15) is 0 Å². The van der Waals surface area contributed by atoms with Crippen LogP contribution in [0.3, 0.4) is 0 Å². The van der Waals surface area contributed by atoms with Crippen molar-refractivity contribution in [2.24, 2.45) is 5.18 Å². The molecule has 90 valence electrons. The number of rotatable bonds is 9. The molecule has 0 saturated carbocycles. The lowest BCUT2D eigenvalue weighted by Gasteiger charge is -2.03. The number of allylic oxidation sites excluding steroid dienone is 5. The predicted molar refractivity (Wildman–Crippen MR) is 71.5 cm³/mol. The predicted octanol–water partition coefficient (Wildman–Crippen LogP) is 4.78. The maximum Gasteiger partial charge on any atom is 0.0814 e. The zero-order chi connectivity index (χ0) is 12.2. The highest BCUT2D eigenvalue weighted by atomic mass is 16.3. The van der Waals surface area contributed by atoms with Crippen molar-refractivity contribution in [1.29, 1.82) is 0 Å². The van der Waals surface area contributed by atoms with Gasteiger partial charge >= 0.3 is 0 Å².